The van der Waals surface area contributed by atoms with Gasteiger partial charge in [-0.2, -0.15) is 0 Å². The van der Waals surface area contributed by atoms with Crippen LogP contribution in [0.5, 0.6) is 11.5 Å². The summed E-state index contributed by atoms with van der Waals surface area (Å²) >= 11 is 0. The van der Waals surface area contributed by atoms with E-state index in [1.54, 1.807) is 0 Å². The molecular formula is C17H23NO3. The maximum absolute atomic E-state index is 13.1. The Labute approximate surface area is 125 Å². The Balaban J connectivity index is 1.88. The highest BCUT2D eigenvalue weighted by molar-refractivity contribution is 6.01. The first-order valence-electron chi connectivity index (χ1n) is 7.90. The Morgan fingerprint density at radius 2 is 2.10 bits per heavy atom. The summed E-state index contributed by atoms with van der Waals surface area (Å²) in [7, 11) is 0. The zero-order chi connectivity index (χ0) is 14.7. The van der Waals surface area contributed by atoms with Gasteiger partial charge < -0.3 is 14.8 Å². The summed E-state index contributed by atoms with van der Waals surface area (Å²) in [5.41, 5.74) is 0.493. The van der Waals surface area contributed by atoms with E-state index in [9.17, 15) is 4.79 Å². The van der Waals surface area contributed by atoms with Crippen molar-refractivity contribution in [1.82, 2.24) is 5.32 Å². The molecule has 4 nitrogen and oxygen atoms in total. The molecule has 1 aromatic carbocycles. The van der Waals surface area contributed by atoms with E-state index in [0.29, 0.717) is 19.0 Å². The number of nitrogens with one attached hydrogen (secondary N) is 1. The van der Waals surface area contributed by atoms with E-state index in [4.69, 9.17) is 9.47 Å². The van der Waals surface area contributed by atoms with Crippen molar-refractivity contribution in [1.29, 1.82) is 0 Å². The van der Waals surface area contributed by atoms with Gasteiger partial charge >= 0.3 is 0 Å². The van der Waals surface area contributed by atoms with Gasteiger partial charge in [0.15, 0.2) is 17.3 Å². The van der Waals surface area contributed by atoms with Crippen LogP contribution >= 0.6 is 0 Å². The second kappa shape index (κ2) is 6.06. The molecule has 2 aliphatic heterocycles. The largest absolute Gasteiger partial charge is 0.486 e. The molecule has 114 valence electrons. The van der Waals surface area contributed by atoms with Crippen molar-refractivity contribution >= 4 is 5.78 Å². The Bertz CT molecular complexity index is 515. The van der Waals surface area contributed by atoms with Gasteiger partial charge in [0.2, 0.25) is 0 Å². The van der Waals surface area contributed by atoms with Crippen molar-refractivity contribution in [3.63, 3.8) is 0 Å². The molecule has 4 heteroatoms. The molecule has 0 aliphatic carbocycles. The number of carbonyl (C=O) groups is 1. The van der Waals surface area contributed by atoms with Crippen LogP contribution in [-0.2, 0) is 0 Å². The van der Waals surface area contributed by atoms with Gasteiger partial charge in [-0.25, -0.2) is 0 Å². The minimum atomic E-state index is -0.253. The van der Waals surface area contributed by atoms with E-state index < -0.39 is 0 Å². The summed E-state index contributed by atoms with van der Waals surface area (Å²) in [6.07, 6.45) is 4.00. The lowest BCUT2D eigenvalue weighted by Gasteiger charge is -2.36. The van der Waals surface area contributed by atoms with Crippen molar-refractivity contribution in [3.8, 4) is 11.5 Å². The minimum Gasteiger partial charge on any atom is -0.486 e. The normalized spacial score (nSPS) is 24.6. The topological polar surface area (TPSA) is 47.6 Å². The molecule has 0 bridgehead atoms. The second-order valence-corrected chi connectivity index (χ2v) is 6.00. The van der Waals surface area contributed by atoms with Gasteiger partial charge in [-0.3, -0.25) is 4.79 Å². The van der Waals surface area contributed by atoms with E-state index in [1.165, 1.54) is 0 Å². The molecule has 0 radical (unpaired) electrons. The molecule has 0 amide bonds. The lowest BCUT2D eigenvalue weighted by molar-refractivity contribution is 0.0717. The number of rotatable bonds is 4. The maximum atomic E-state index is 13.1. The molecule has 1 saturated heterocycles. The summed E-state index contributed by atoms with van der Waals surface area (Å²) in [6, 6.07) is 5.59. The summed E-state index contributed by atoms with van der Waals surface area (Å²) in [6.45, 7) is 5.07. The first-order chi connectivity index (χ1) is 10.2. The summed E-state index contributed by atoms with van der Waals surface area (Å²) in [5.74, 6) is 1.68. The summed E-state index contributed by atoms with van der Waals surface area (Å²) < 4.78 is 11.1. The van der Waals surface area contributed by atoms with Gasteiger partial charge in [0.05, 0.1) is 0 Å². The van der Waals surface area contributed by atoms with Crippen LogP contribution < -0.4 is 14.8 Å². The zero-order valence-electron chi connectivity index (χ0n) is 12.6. The van der Waals surface area contributed by atoms with Crippen LogP contribution in [0.2, 0.25) is 0 Å². The molecule has 1 unspecified atom stereocenters. The Kier molecular flexibility index (Phi) is 4.15. The fourth-order valence-electron chi connectivity index (χ4n) is 3.46. The van der Waals surface area contributed by atoms with Gasteiger partial charge in [0.25, 0.3) is 0 Å². The van der Waals surface area contributed by atoms with Crippen LogP contribution in [0, 0.1) is 5.41 Å². The monoisotopic (exact) mass is 289 g/mol. The van der Waals surface area contributed by atoms with Crippen LogP contribution in [0.3, 0.4) is 0 Å². The molecule has 2 heterocycles. The number of fused-ring (bicyclic) bond motifs is 1. The number of carbonyl (C=O) groups excluding carboxylic acids is 1. The standard InChI is InChI=1S/C17H23NO3/c1-2-6-17(7-3-8-18-12-17)16(19)13-4-5-14-15(11-13)21-10-9-20-14/h4-5,11,18H,2-3,6-10,12H2,1H3. The number of ketones is 1. The fourth-order valence-corrected chi connectivity index (χ4v) is 3.46. The predicted molar refractivity (Wildman–Crippen MR) is 81.2 cm³/mol. The third kappa shape index (κ3) is 2.77. The van der Waals surface area contributed by atoms with Crippen molar-refractivity contribution in [2.45, 2.75) is 32.6 Å². The van der Waals surface area contributed by atoms with Gasteiger partial charge in [-0.05, 0) is 44.0 Å². The molecule has 1 N–H and O–H groups in total. The highest BCUT2D eigenvalue weighted by Gasteiger charge is 2.39. The third-order valence-electron chi connectivity index (χ3n) is 4.49. The first kappa shape index (κ1) is 14.4. The van der Waals surface area contributed by atoms with Crippen molar-refractivity contribution in [3.05, 3.63) is 23.8 Å². The van der Waals surface area contributed by atoms with E-state index in [2.05, 4.69) is 12.2 Å². The second-order valence-electron chi connectivity index (χ2n) is 6.00. The highest BCUT2D eigenvalue weighted by Crippen LogP contribution is 2.38. The van der Waals surface area contributed by atoms with Crippen molar-refractivity contribution in [2.75, 3.05) is 26.3 Å². The average Bonchev–Trinajstić information content (AvgIpc) is 2.55. The van der Waals surface area contributed by atoms with Gasteiger partial charge in [0, 0.05) is 17.5 Å². The molecule has 0 spiro atoms. The first-order valence-corrected chi connectivity index (χ1v) is 7.90. The zero-order valence-corrected chi connectivity index (χ0v) is 12.6. The Morgan fingerprint density at radius 3 is 2.81 bits per heavy atom. The predicted octanol–water partition coefficient (Wildman–Crippen LogP) is 2.81. The van der Waals surface area contributed by atoms with Gasteiger partial charge in [0.1, 0.15) is 13.2 Å². The highest BCUT2D eigenvalue weighted by atomic mass is 16.6. The van der Waals surface area contributed by atoms with Gasteiger partial charge in [-0.15, -0.1) is 0 Å². The van der Waals surface area contributed by atoms with Gasteiger partial charge in [-0.1, -0.05) is 13.3 Å². The summed E-state index contributed by atoms with van der Waals surface area (Å²) in [5, 5.41) is 3.40. The van der Waals surface area contributed by atoms with Crippen LogP contribution in [0.25, 0.3) is 0 Å². The van der Waals surface area contributed by atoms with Crippen LogP contribution in [0.4, 0.5) is 0 Å². The average molecular weight is 289 g/mol. The van der Waals surface area contributed by atoms with Crippen molar-refractivity contribution < 1.29 is 14.3 Å². The van der Waals surface area contributed by atoms with Crippen molar-refractivity contribution in [2.24, 2.45) is 5.41 Å². The molecule has 0 saturated carbocycles. The lowest BCUT2D eigenvalue weighted by Crippen LogP contribution is -2.45. The number of hydrogen-bond acceptors (Lipinski definition) is 4. The third-order valence-corrected chi connectivity index (χ3v) is 4.49. The number of piperidine rings is 1. The number of hydrogen-bond donors (Lipinski definition) is 1. The smallest absolute Gasteiger partial charge is 0.170 e. The molecule has 21 heavy (non-hydrogen) atoms. The maximum Gasteiger partial charge on any atom is 0.170 e. The number of Topliss-reactive ketones (excluding diaryl/α,β-unsaturated/α-hetero) is 1. The number of benzene rings is 1. The van der Waals surface area contributed by atoms with E-state index in [-0.39, 0.29) is 11.2 Å². The molecule has 2 aliphatic rings. The Morgan fingerprint density at radius 1 is 1.29 bits per heavy atom. The van der Waals surface area contributed by atoms with E-state index in [0.717, 1.165) is 50.1 Å². The Hall–Kier alpha value is -1.55. The lowest BCUT2D eigenvalue weighted by atomic mass is 9.71. The SMILES string of the molecule is CCCC1(C(=O)c2ccc3c(c2)OCCO3)CCCNC1. The molecule has 1 atom stereocenters. The van der Waals surface area contributed by atoms with Crippen LogP contribution in [0.15, 0.2) is 18.2 Å². The quantitative estimate of drug-likeness (QED) is 0.866. The van der Waals surface area contributed by atoms with Crippen LogP contribution in [-0.4, -0.2) is 32.1 Å². The molecule has 1 aromatic rings. The fraction of sp³-hybridized carbons (Fsp3) is 0.588. The summed E-state index contributed by atoms with van der Waals surface area (Å²) in [4.78, 5) is 13.1. The molecule has 3 rings (SSSR count). The molecule has 1 fully saturated rings. The van der Waals surface area contributed by atoms with Crippen LogP contribution in [0.1, 0.15) is 43.0 Å². The minimum absolute atomic E-state index is 0.244. The number of ether oxygens (including phenoxy) is 2. The molecular weight excluding hydrogens is 266 g/mol. The van der Waals surface area contributed by atoms with E-state index >= 15 is 0 Å². The molecule has 0 aromatic heterocycles. The van der Waals surface area contributed by atoms with E-state index in [1.807, 2.05) is 18.2 Å².